The Morgan fingerprint density at radius 3 is 2.19 bits per heavy atom. The van der Waals surface area contributed by atoms with Crippen LogP contribution in [0.25, 0.3) is 0 Å². The number of rotatable bonds is 8. The van der Waals surface area contributed by atoms with Crippen molar-refractivity contribution in [3.8, 4) is 0 Å². The fraction of sp³-hybridized carbons (Fsp3) is 0.364. The van der Waals surface area contributed by atoms with Crippen LogP contribution < -0.4 is 9.62 Å². The summed E-state index contributed by atoms with van der Waals surface area (Å²) in [5, 5.41) is 3.20. The largest absolute Gasteiger partial charge is 0.357 e. The lowest BCUT2D eigenvalue weighted by molar-refractivity contribution is -0.139. The van der Waals surface area contributed by atoms with Gasteiger partial charge in [-0.2, -0.15) is 0 Å². The zero-order valence-electron chi connectivity index (χ0n) is 18.6. The van der Waals surface area contributed by atoms with E-state index >= 15 is 0 Å². The predicted molar refractivity (Wildman–Crippen MR) is 129 cm³/mol. The van der Waals surface area contributed by atoms with Gasteiger partial charge in [0.2, 0.25) is 21.8 Å². The summed E-state index contributed by atoms with van der Waals surface area (Å²) >= 11 is 12.6. The van der Waals surface area contributed by atoms with E-state index in [1.54, 1.807) is 44.2 Å². The number of benzene rings is 2. The first-order valence-corrected chi connectivity index (χ1v) is 12.5. The van der Waals surface area contributed by atoms with Crippen molar-refractivity contribution in [3.63, 3.8) is 0 Å². The van der Waals surface area contributed by atoms with Gasteiger partial charge in [-0.25, -0.2) is 8.42 Å². The Bertz CT molecular complexity index is 1100. The molecule has 2 aromatic rings. The monoisotopic (exact) mass is 499 g/mol. The molecule has 0 fully saturated rings. The number of halogens is 2. The van der Waals surface area contributed by atoms with E-state index in [1.165, 1.54) is 11.9 Å². The average molecular weight is 500 g/mol. The maximum atomic E-state index is 13.4. The van der Waals surface area contributed by atoms with Gasteiger partial charge >= 0.3 is 0 Å². The van der Waals surface area contributed by atoms with Crippen LogP contribution in [-0.4, -0.2) is 51.0 Å². The fourth-order valence-corrected chi connectivity index (χ4v) is 4.75. The van der Waals surface area contributed by atoms with Crippen molar-refractivity contribution in [2.75, 3.05) is 24.2 Å². The highest BCUT2D eigenvalue weighted by Crippen LogP contribution is 2.28. The number of anilines is 1. The SMILES string of the molecule is CNC(=O)C(C)N(Cc1c(Cl)cccc1Cl)C(=O)CN(c1ccc(C)cc1C)S(C)(=O)=O. The molecule has 1 atom stereocenters. The summed E-state index contributed by atoms with van der Waals surface area (Å²) in [5.74, 6) is -0.971. The zero-order valence-corrected chi connectivity index (χ0v) is 21.0. The lowest BCUT2D eigenvalue weighted by Crippen LogP contribution is -2.50. The van der Waals surface area contributed by atoms with Gasteiger partial charge < -0.3 is 10.2 Å². The summed E-state index contributed by atoms with van der Waals surface area (Å²) in [7, 11) is -2.33. The van der Waals surface area contributed by atoms with Gasteiger partial charge in [-0.15, -0.1) is 0 Å². The second-order valence-corrected chi connectivity index (χ2v) is 10.3. The lowest BCUT2D eigenvalue weighted by Gasteiger charge is -2.32. The smallest absolute Gasteiger partial charge is 0.244 e. The summed E-state index contributed by atoms with van der Waals surface area (Å²) in [5.41, 5.74) is 2.55. The molecule has 1 unspecified atom stereocenters. The molecule has 7 nitrogen and oxygen atoms in total. The van der Waals surface area contributed by atoms with E-state index in [0.29, 0.717) is 26.9 Å². The van der Waals surface area contributed by atoms with Crippen LogP contribution in [0.4, 0.5) is 5.69 Å². The van der Waals surface area contributed by atoms with Gasteiger partial charge in [0.15, 0.2) is 0 Å². The maximum absolute atomic E-state index is 13.4. The van der Waals surface area contributed by atoms with Crippen LogP contribution in [-0.2, 0) is 26.2 Å². The Kier molecular flexibility index (Phi) is 8.56. The molecule has 0 radical (unpaired) electrons. The molecule has 2 aromatic carbocycles. The molecular formula is C22H27Cl2N3O4S. The minimum Gasteiger partial charge on any atom is -0.357 e. The highest BCUT2D eigenvalue weighted by molar-refractivity contribution is 7.92. The summed E-state index contributed by atoms with van der Waals surface area (Å²) in [4.78, 5) is 27.0. The number of carbonyl (C=O) groups is 2. The van der Waals surface area contributed by atoms with E-state index in [0.717, 1.165) is 16.1 Å². The number of aryl methyl sites for hydroxylation is 2. The van der Waals surface area contributed by atoms with Gasteiger partial charge in [-0.3, -0.25) is 13.9 Å². The molecule has 0 aromatic heterocycles. The van der Waals surface area contributed by atoms with Crippen LogP contribution in [0, 0.1) is 13.8 Å². The van der Waals surface area contributed by atoms with E-state index in [4.69, 9.17) is 23.2 Å². The number of hydrogen-bond donors (Lipinski definition) is 1. The molecule has 174 valence electrons. The third-order valence-corrected chi connectivity index (χ3v) is 6.94. The molecule has 0 bridgehead atoms. The Labute approximate surface area is 199 Å². The Morgan fingerprint density at radius 1 is 1.09 bits per heavy atom. The van der Waals surface area contributed by atoms with Crippen LogP contribution in [0.2, 0.25) is 10.0 Å². The first kappa shape index (κ1) is 26.0. The van der Waals surface area contributed by atoms with Crippen LogP contribution >= 0.6 is 23.2 Å². The summed E-state index contributed by atoms with van der Waals surface area (Å²) in [6.45, 7) is 4.69. The molecule has 10 heteroatoms. The van der Waals surface area contributed by atoms with Crippen molar-refractivity contribution in [3.05, 3.63) is 63.1 Å². The van der Waals surface area contributed by atoms with Crippen molar-refractivity contribution >= 4 is 50.7 Å². The molecule has 0 saturated heterocycles. The van der Waals surface area contributed by atoms with Crippen LogP contribution in [0.5, 0.6) is 0 Å². The Hall–Kier alpha value is -2.29. The molecule has 0 saturated carbocycles. The van der Waals surface area contributed by atoms with E-state index in [9.17, 15) is 18.0 Å². The third-order valence-electron chi connectivity index (χ3n) is 5.10. The number of amides is 2. The third kappa shape index (κ3) is 6.15. The summed E-state index contributed by atoms with van der Waals surface area (Å²) in [6.07, 6.45) is 1.04. The molecule has 0 aliphatic carbocycles. The molecular weight excluding hydrogens is 473 g/mol. The number of sulfonamides is 1. The Balaban J connectivity index is 2.47. The second kappa shape index (κ2) is 10.6. The van der Waals surface area contributed by atoms with Crippen LogP contribution in [0.1, 0.15) is 23.6 Å². The molecule has 0 aliphatic heterocycles. The van der Waals surface area contributed by atoms with Crippen LogP contribution in [0.3, 0.4) is 0 Å². The van der Waals surface area contributed by atoms with E-state index in [1.807, 2.05) is 13.0 Å². The molecule has 0 aliphatic rings. The summed E-state index contributed by atoms with van der Waals surface area (Å²) in [6, 6.07) is 9.33. The molecule has 0 spiro atoms. The van der Waals surface area contributed by atoms with Gasteiger partial charge in [0, 0.05) is 29.2 Å². The van der Waals surface area contributed by atoms with Gasteiger partial charge in [0.1, 0.15) is 12.6 Å². The number of nitrogens with zero attached hydrogens (tertiary/aromatic N) is 2. The lowest BCUT2D eigenvalue weighted by atomic mass is 10.1. The van der Waals surface area contributed by atoms with Crippen molar-refractivity contribution < 1.29 is 18.0 Å². The number of nitrogens with one attached hydrogen (secondary N) is 1. The first-order valence-electron chi connectivity index (χ1n) is 9.85. The van der Waals surface area contributed by atoms with Crippen molar-refractivity contribution in [1.29, 1.82) is 0 Å². The molecule has 2 rings (SSSR count). The predicted octanol–water partition coefficient (Wildman–Crippen LogP) is 3.54. The molecule has 2 amide bonds. The Morgan fingerprint density at radius 2 is 1.69 bits per heavy atom. The minimum absolute atomic E-state index is 0.0591. The van der Waals surface area contributed by atoms with E-state index in [2.05, 4.69) is 5.32 Å². The standard InChI is InChI=1S/C22H27Cl2N3O4S/c1-14-9-10-20(15(2)11-14)27(32(5,30)31)13-21(28)26(16(3)22(29)25-4)12-17-18(23)7-6-8-19(17)24/h6-11,16H,12-13H2,1-5H3,(H,25,29). The number of likely N-dealkylation sites (N-methyl/N-ethyl adjacent to an activating group) is 1. The summed E-state index contributed by atoms with van der Waals surface area (Å²) < 4.78 is 26.2. The topological polar surface area (TPSA) is 86.8 Å². The minimum atomic E-state index is -3.79. The maximum Gasteiger partial charge on any atom is 0.244 e. The molecule has 32 heavy (non-hydrogen) atoms. The van der Waals surface area contributed by atoms with Gasteiger partial charge in [-0.05, 0) is 44.5 Å². The van der Waals surface area contributed by atoms with Gasteiger partial charge in [0.05, 0.1) is 11.9 Å². The normalized spacial score (nSPS) is 12.2. The van der Waals surface area contributed by atoms with Crippen molar-refractivity contribution in [2.24, 2.45) is 0 Å². The number of hydrogen-bond acceptors (Lipinski definition) is 4. The fourth-order valence-electron chi connectivity index (χ4n) is 3.33. The van der Waals surface area contributed by atoms with Gasteiger partial charge in [-0.1, -0.05) is 47.0 Å². The van der Waals surface area contributed by atoms with Crippen molar-refractivity contribution in [1.82, 2.24) is 10.2 Å². The zero-order chi connectivity index (χ0) is 24.2. The number of carbonyl (C=O) groups excluding carboxylic acids is 2. The second-order valence-electron chi connectivity index (χ2n) is 7.57. The highest BCUT2D eigenvalue weighted by atomic mass is 35.5. The highest BCUT2D eigenvalue weighted by Gasteiger charge is 2.31. The van der Waals surface area contributed by atoms with E-state index in [-0.39, 0.29) is 6.54 Å². The quantitative estimate of drug-likeness (QED) is 0.601. The molecule has 0 heterocycles. The average Bonchev–Trinajstić information content (AvgIpc) is 2.70. The first-order chi connectivity index (χ1) is 14.9. The van der Waals surface area contributed by atoms with Crippen molar-refractivity contribution in [2.45, 2.75) is 33.4 Å². The molecule has 1 N–H and O–H groups in total. The van der Waals surface area contributed by atoms with Gasteiger partial charge in [0.25, 0.3) is 0 Å². The van der Waals surface area contributed by atoms with Crippen LogP contribution in [0.15, 0.2) is 36.4 Å². The van der Waals surface area contributed by atoms with E-state index < -0.39 is 34.4 Å².